The number of nitrogens with zero attached hydrogens (tertiary/aromatic N) is 2. The third-order valence-corrected chi connectivity index (χ3v) is 4.69. The zero-order chi connectivity index (χ0) is 23.5. The molecule has 0 saturated heterocycles. The summed E-state index contributed by atoms with van der Waals surface area (Å²) in [5, 5.41) is 3.21. The van der Waals surface area contributed by atoms with Crippen LogP contribution in [0, 0.1) is 6.92 Å². The number of esters is 1. The lowest BCUT2D eigenvalue weighted by Gasteiger charge is -2.20. The number of hydrogen-bond acceptors (Lipinski definition) is 6. The molecule has 0 radical (unpaired) electrons. The van der Waals surface area contributed by atoms with Crippen molar-refractivity contribution in [1.29, 1.82) is 0 Å². The fraction of sp³-hybridized carbons (Fsp3) is 0.333. The second-order valence-electron chi connectivity index (χ2n) is 8.45. The molecule has 2 heterocycles. The second kappa shape index (κ2) is 9.21. The lowest BCUT2D eigenvalue weighted by atomic mass is 10.1. The Morgan fingerprint density at radius 1 is 1.12 bits per heavy atom. The number of fused-ring (bicyclic) bond motifs is 1. The maximum Gasteiger partial charge on any atom is 0.326 e. The molecule has 0 fully saturated rings. The number of pyridine rings is 2. The average Bonchev–Trinajstić information content (AvgIpc) is 2.73. The molecular weight excluding hydrogens is 410 g/mol. The normalized spacial score (nSPS) is 11.3. The average molecular weight is 437 g/mol. The third-order valence-electron chi connectivity index (χ3n) is 4.69. The smallest absolute Gasteiger partial charge is 0.326 e. The fourth-order valence-electron chi connectivity index (χ4n) is 3.22. The highest BCUT2D eigenvalue weighted by Crippen LogP contribution is 2.23. The number of amides is 1. The molecule has 8 heteroatoms. The van der Waals surface area contributed by atoms with Gasteiger partial charge in [0, 0.05) is 12.7 Å². The number of nitrogens with one attached hydrogen (secondary N) is 1. The van der Waals surface area contributed by atoms with Crippen molar-refractivity contribution in [1.82, 2.24) is 14.9 Å². The summed E-state index contributed by atoms with van der Waals surface area (Å²) in [5.41, 5.74) is 0.780. The lowest BCUT2D eigenvalue weighted by Crippen LogP contribution is -2.36. The molecule has 3 rings (SSSR count). The van der Waals surface area contributed by atoms with Crippen molar-refractivity contribution in [2.24, 2.45) is 0 Å². The van der Waals surface area contributed by atoms with Crippen molar-refractivity contribution in [3.8, 4) is 5.75 Å². The van der Waals surface area contributed by atoms with Gasteiger partial charge in [0.05, 0.1) is 12.5 Å². The Balaban J connectivity index is 2.01. The van der Waals surface area contributed by atoms with Gasteiger partial charge in [-0.1, -0.05) is 29.8 Å². The number of ether oxygens (including phenoxy) is 2. The van der Waals surface area contributed by atoms with E-state index < -0.39 is 23.0 Å². The Hall–Kier alpha value is -3.68. The summed E-state index contributed by atoms with van der Waals surface area (Å²) in [5.74, 6) is -0.732. The van der Waals surface area contributed by atoms with Crippen LogP contribution in [-0.4, -0.2) is 34.1 Å². The van der Waals surface area contributed by atoms with Crippen LogP contribution < -0.4 is 15.6 Å². The van der Waals surface area contributed by atoms with Gasteiger partial charge in [-0.25, -0.2) is 4.98 Å². The van der Waals surface area contributed by atoms with Gasteiger partial charge in [-0.3, -0.25) is 19.0 Å². The minimum Gasteiger partial charge on any atom is -0.496 e. The maximum atomic E-state index is 13.2. The third kappa shape index (κ3) is 5.32. The van der Waals surface area contributed by atoms with Gasteiger partial charge in [-0.05, 0) is 45.4 Å². The molecular formula is C24H27N3O5. The highest BCUT2D eigenvalue weighted by Gasteiger charge is 2.22. The number of carbonyl (C=O) groups is 2. The Labute approximate surface area is 186 Å². The minimum absolute atomic E-state index is 0.112. The van der Waals surface area contributed by atoms with Crippen molar-refractivity contribution < 1.29 is 19.1 Å². The molecule has 0 aliphatic carbocycles. The van der Waals surface area contributed by atoms with E-state index in [1.54, 1.807) is 26.8 Å². The summed E-state index contributed by atoms with van der Waals surface area (Å²) in [4.78, 5) is 42.8. The standard InChI is InChI=1S/C24H27N3O5/c1-15-6-8-16(9-7-15)13-26-22(29)18-12-17-19(31-5)10-11-25-21(17)27(23(18)30)14-20(28)32-24(2,3)4/h6-12H,13-14H2,1-5H3,(H,26,29). The molecule has 3 aromatic rings. The van der Waals surface area contributed by atoms with Gasteiger partial charge in [0.2, 0.25) is 0 Å². The molecule has 0 saturated carbocycles. The monoisotopic (exact) mass is 437 g/mol. The molecule has 0 unspecified atom stereocenters. The quantitative estimate of drug-likeness (QED) is 0.595. The predicted molar refractivity (Wildman–Crippen MR) is 121 cm³/mol. The highest BCUT2D eigenvalue weighted by atomic mass is 16.6. The number of aromatic nitrogens is 2. The second-order valence-corrected chi connectivity index (χ2v) is 8.45. The summed E-state index contributed by atoms with van der Waals surface area (Å²) in [6, 6.07) is 10.8. The molecule has 1 N–H and O–H groups in total. The first-order valence-electron chi connectivity index (χ1n) is 10.2. The Bertz CT molecular complexity index is 1210. The van der Waals surface area contributed by atoms with Crippen LogP contribution in [0.5, 0.6) is 5.75 Å². The van der Waals surface area contributed by atoms with Gasteiger partial charge in [-0.15, -0.1) is 0 Å². The van der Waals surface area contributed by atoms with Gasteiger partial charge >= 0.3 is 5.97 Å². The number of hydrogen-bond donors (Lipinski definition) is 1. The van der Waals surface area contributed by atoms with Crippen LogP contribution in [0.15, 0.2) is 47.4 Å². The topological polar surface area (TPSA) is 99.5 Å². The van der Waals surface area contributed by atoms with Crippen LogP contribution in [0.4, 0.5) is 0 Å². The Morgan fingerprint density at radius 2 is 1.81 bits per heavy atom. The molecule has 0 aliphatic heterocycles. The molecule has 8 nitrogen and oxygen atoms in total. The van der Waals surface area contributed by atoms with Crippen LogP contribution in [-0.2, 0) is 22.6 Å². The summed E-state index contributed by atoms with van der Waals surface area (Å²) in [6.07, 6.45) is 1.48. The maximum absolute atomic E-state index is 13.2. The van der Waals surface area contributed by atoms with E-state index in [9.17, 15) is 14.4 Å². The molecule has 0 spiro atoms. The molecule has 0 aliphatic rings. The summed E-state index contributed by atoms with van der Waals surface area (Å²) in [7, 11) is 1.48. The number of rotatable bonds is 6. The van der Waals surface area contributed by atoms with Crippen molar-refractivity contribution in [2.45, 2.75) is 46.4 Å². The first-order chi connectivity index (χ1) is 15.1. The van der Waals surface area contributed by atoms with Gasteiger partial charge in [-0.2, -0.15) is 0 Å². The van der Waals surface area contributed by atoms with Crippen molar-refractivity contribution >= 4 is 22.9 Å². The highest BCUT2D eigenvalue weighted by molar-refractivity contribution is 5.98. The van der Waals surface area contributed by atoms with Crippen molar-refractivity contribution in [3.63, 3.8) is 0 Å². The fourth-order valence-corrected chi connectivity index (χ4v) is 3.22. The SMILES string of the molecule is COc1ccnc2c1cc(C(=O)NCc1ccc(C)cc1)c(=O)n2CC(=O)OC(C)(C)C. The van der Waals surface area contributed by atoms with Crippen LogP contribution in [0.2, 0.25) is 0 Å². The van der Waals surface area contributed by atoms with Crippen molar-refractivity contribution in [2.75, 3.05) is 7.11 Å². The molecule has 32 heavy (non-hydrogen) atoms. The summed E-state index contributed by atoms with van der Waals surface area (Å²) >= 11 is 0. The summed E-state index contributed by atoms with van der Waals surface area (Å²) in [6.45, 7) is 7.07. The van der Waals surface area contributed by atoms with Gasteiger partial charge < -0.3 is 14.8 Å². The van der Waals surface area contributed by atoms with E-state index in [1.165, 1.54) is 19.4 Å². The zero-order valence-electron chi connectivity index (χ0n) is 18.9. The molecule has 0 atom stereocenters. The van der Waals surface area contributed by atoms with Gasteiger partial charge in [0.25, 0.3) is 11.5 Å². The molecule has 1 aromatic carbocycles. The van der Waals surface area contributed by atoms with E-state index in [4.69, 9.17) is 9.47 Å². The van der Waals surface area contributed by atoms with E-state index in [1.807, 2.05) is 31.2 Å². The molecule has 0 bridgehead atoms. The van der Waals surface area contributed by atoms with E-state index in [0.29, 0.717) is 11.1 Å². The van der Waals surface area contributed by atoms with Crippen molar-refractivity contribution in [3.05, 3.63) is 69.6 Å². The number of aryl methyl sites for hydroxylation is 1. The van der Waals surface area contributed by atoms with E-state index >= 15 is 0 Å². The number of benzene rings is 1. The first kappa shape index (κ1) is 23.0. The van der Waals surface area contributed by atoms with Crippen LogP contribution in [0.1, 0.15) is 42.3 Å². The van der Waals surface area contributed by atoms with Crippen LogP contribution in [0.25, 0.3) is 11.0 Å². The molecule has 168 valence electrons. The lowest BCUT2D eigenvalue weighted by molar-refractivity contribution is -0.155. The Morgan fingerprint density at radius 3 is 2.44 bits per heavy atom. The minimum atomic E-state index is -0.718. The van der Waals surface area contributed by atoms with Crippen LogP contribution in [0.3, 0.4) is 0 Å². The van der Waals surface area contributed by atoms with Crippen LogP contribution >= 0.6 is 0 Å². The number of methoxy groups -OCH3 is 1. The zero-order valence-corrected chi connectivity index (χ0v) is 18.9. The Kier molecular flexibility index (Phi) is 6.62. The number of carbonyl (C=O) groups excluding carboxylic acids is 2. The van der Waals surface area contributed by atoms with Gasteiger partial charge in [0.1, 0.15) is 29.1 Å². The van der Waals surface area contributed by atoms with E-state index in [-0.39, 0.29) is 24.3 Å². The first-order valence-corrected chi connectivity index (χ1v) is 10.2. The summed E-state index contributed by atoms with van der Waals surface area (Å²) < 4.78 is 11.9. The molecule has 2 aromatic heterocycles. The molecule has 1 amide bonds. The largest absolute Gasteiger partial charge is 0.496 e. The van der Waals surface area contributed by atoms with E-state index in [2.05, 4.69) is 10.3 Å². The van der Waals surface area contributed by atoms with Gasteiger partial charge in [0.15, 0.2) is 0 Å². The predicted octanol–water partition coefficient (Wildman–Crippen LogP) is 2.99. The van der Waals surface area contributed by atoms with E-state index in [0.717, 1.165) is 15.7 Å².